The lowest BCUT2D eigenvalue weighted by Crippen LogP contribution is -1.97. The van der Waals surface area contributed by atoms with Gasteiger partial charge in [0.1, 0.15) is 17.2 Å². The number of nitrogens with zero attached hydrogens (tertiary/aromatic N) is 3. The predicted octanol–water partition coefficient (Wildman–Crippen LogP) is 6.02. The molecule has 0 amide bonds. The highest BCUT2D eigenvalue weighted by Gasteiger charge is 2.18. The average Bonchev–Trinajstić information content (AvgIpc) is 3.19. The van der Waals surface area contributed by atoms with Crippen molar-refractivity contribution in [2.45, 2.75) is 0 Å². The van der Waals surface area contributed by atoms with Crippen LogP contribution in [-0.4, -0.2) is 29.0 Å². The number of halogens is 1. The van der Waals surface area contributed by atoms with Crippen molar-refractivity contribution >= 4 is 37.7 Å². The van der Waals surface area contributed by atoms with Crippen LogP contribution in [0.5, 0.6) is 11.5 Å². The Morgan fingerprint density at radius 2 is 1.63 bits per heavy atom. The Hall–Kier alpha value is -3.38. The number of benzene rings is 3. The molecule has 5 rings (SSSR count). The van der Waals surface area contributed by atoms with Crippen molar-refractivity contribution in [3.63, 3.8) is 0 Å². The van der Waals surface area contributed by atoms with Crippen LogP contribution in [0, 0.1) is 0 Å². The van der Waals surface area contributed by atoms with Gasteiger partial charge in [-0.15, -0.1) is 0 Å². The standard InChI is InChI=1S/C24H18BrN3O2/c1-29-18-8-3-5-15(11-18)23-21-14-26-22-10-9-19(30-2)13-20(22)24(21)28(27-23)17-7-4-6-16(25)12-17/h3-14H,1-2H3. The molecule has 0 aliphatic rings. The summed E-state index contributed by atoms with van der Waals surface area (Å²) in [5.74, 6) is 1.56. The number of hydrogen-bond acceptors (Lipinski definition) is 4. The summed E-state index contributed by atoms with van der Waals surface area (Å²) in [6, 6.07) is 21.9. The second-order valence-electron chi connectivity index (χ2n) is 6.88. The highest BCUT2D eigenvalue weighted by molar-refractivity contribution is 9.10. The smallest absolute Gasteiger partial charge is 0.119 e. The second-order valence-corrected chi connectivity index (χ2v) is 7.79. The first-order valence-corrected chi connectivity index (χ1v) is 10.2. The molecule has 148 valence electrons. The summed E-state index contributed by atoms with van der Waals surface area (Å²) >= 11 is 3.58. The molecule has 0 fully saturated rings. The third-order valence-corrected chi connectivity index (χ3v) is 5.60. The lowest BCUT2D eigenvalue weighted by Gasteiger charge is -2.07. The quantitative estimate of drug-likeness (QED) is 0.329. The summed E-state index contributed by atoms with van der Waals surface area (Å²) < 4.78 is 13.9. The molecule has 3 aromatic carbocycles. The van der Waals surface area contributed by atoms with Crippen LogP contribution < -0.4 is 9.47 Å². The van der Waals surface area contributed by atoms with E-state index in [-0.39, 0.29) is 0 Å². The molecular formula is C24H18BrN3O2. The molecule has 5 aromatic rings. The van der Waals surface area contributed by atoms with Crippen LogP contribution in [0.4, 0.5) is 0 Å². The van der Waals surface area contributed by atoms with Crippen molar-refractivity contribution in [3.05, 3.63) is 77.4 Å². The maximum Gasteiger partial charge on any atom is 0.119 e. The maximum absolute atomic E-state index is 5.48. The van der Waals surface area contributed by atoms with Crippen LogP contribution >= 0.6 is 15.9 Å². The molecule has 0 aliphatic carbocycles. The third kappa shape index (κ3) is 3.09. The predicted molar refractivity (Wildman–Crippen MR) is 123 cm³/mol. The van der Waals surface area contributed by atoms with Gasteiger partial charge in [-0.25, -0.2) is 4.68 Å². The largest absolute Gasteiger partial charge is 0.497 e. The van der Waals surface area contributed by atoms with Gasteiger partial charge < -0.3 is 9.47 Å². The number of hydrogen-bond donors (Lipinski definition) is 0. The van der Waals surface area contributed by atoms with Crippen LogP contribution in [0.1, 0.15) is 0 Å². The van der Waals surface area contributed by atoms with Crippen LogP contribution in [0.25, 0.3) is 38.8 Å². The number of rotatable bonds is 4. The normalized spacial score (nSPS) is 11.2. The average molecular weight is 460 g/mol. The Bertz CT molecular complexity index is 1390. The van der Waals surface area contributed by atoms with Crippen molar-refractivity contribution in [1.29, 1.82) is 0 Å². The molecule has 30 heavy (non-hydrogen) atoms. The number of aromatic nitrogens is 3. The van der Waals surface area contributed by atoms with E-state index in [1.54, 1.807) is 14.2 Å². The molecule has 0 atom stereocenters. The van der Waals surface area contributed by atoms with Gasteiger partial charge in [0.25, 0.3) is 0 Å². The maximum atomic E-state index is 5.48. The molecule has 0 saturated carbocycles. The Kier molecular flexibility index (Phi) is 4.64. The minimum atomic E-state index is 0.779. The lowest BCUT2D eigenvalue weighted by atomic mass is 10.1. The minimum Gasteiger partial charge on any atom is -0.497 e. The highest BCUT2D eigenvalue weighted by Crippen LogP contribution is 2.36. The monoisotopic (exact) mass is 459 g/mol. The summed E-state index contributed by atoms with van der Waals surface area (Å²) in [5.41, 5.74) is 4.64. The molecule has 0 radical (unpaired) electrons. The summed E-state index contributed by atoms with van der Waals surface area (Å²) in [4.78, 5) is 4.69. The topological polar surface area (TPSA) is 49.2 Å². The fourth-order valence-corrected chi connectivity index (χ4v) is 4.06. The van der Waals surface area contributed by atoms with E-state index in [2.05, 4.69) is 20.9 Å². The van der Waals surface area contributed by atoms with Crippen LogP contribution in [0.3, 0.4) is 0 Å². The zero-order valence-electron chi connectivity index (χ0n) is 16.5. The van der Waals surface area contributed by atoms with Gasteiger partial charge in [0, 0.05) is 27.0 Å². The summed E-state index contributed by atoms with van der Waals surface area (Å²) in [6.07, 6.45) is 1.89. The first-order chi connectivity index (χ1) is 14.7. The molecule has 0 spiro atoms. The summed E-state index contributed by atoms with van der Waals surface area (Å²) in [7, 11) is 3.33. The number of fused-ring (bicyclic) bond motifs is 3. The van der Waals surface area contributed by atoms with Gasteiger partial charge in [-0.05, 0) is 48.5 Å². The SMILES string of the molecule is COc1cccc(-c2nn(-c3cccc(Br)c3)c3c2cnc2ccc(OC)cc23)c1. The first-order valence-electron chi connectivity index (χ1n) is 9.44. The van der Waals surface area contributed by atoms with Crippen LogP contribution in [0.15, 0.2) is 77.4 Å². The van der Waals surface area contributed by atoms with Crippen molar-refractivity contribution in [2.75, 3.05) is 14.2 Å². The van der Waals surface area contributed by atoms with Gasteiger partial charge in [0.2, 0.25) is 0 Å². The fraction of sp³-hybridized carbons (Fsp3) is 0.0833. The lowest BCUT2D eigenvalue weighted by molar-refractivity contribution is 0.415. The van der Waals surface area contributed by atoms with Crippen molar-refractivity contribution in [3.8, 4) is 28.4 Å². The Labute approximate surface area is 182 Å². The molecule has 0 unspecified atom stereocenters. The molecule has 5 nitrogen and oxygen atoms in total. The molecule has 0 saturated heterocycles. The van der Waals surface area contributed by atoms with Gasteiger partial charge in [-0.2, -0.15) is 5.10 Å². The van der Waals surface area contributed by atoms with E-state index in [0.717, 1.165) is 54.7 Å². The Morgan fingerprint density at radius 3 is 2.43 bits per heavy atom. The number of ether oxygens (including phenoxy) is 2. The second kappa shape index (κ2) is 7.46. The number of methoxy groups -OCH3 is 2. The zero-order valence-corrected chi connectivity index (χ0v) is 18.1. The highest BCUT2D eigenvalue weighted by atomic mass is 79.9. The van der Waals surface area contributed by atoms with Crippen molar-refractivity contribution in [2.24, 2.45) is 0 Å². The Morgan fingerprint density at radius 1 is 0.833 bits per heavy atom. The van der Waals surface area contributed by atoms with Crippen molar-refractivity contribution < 1.29 is 9.47 Å². The van der Waals surface area contributed by atoms with E-state index in [0.29, 0.717) is 0 Å². The van der Waals surface area contributed by atoms with E-state index >= 15 is 0 Å². The van der Waals surface area contributed by atoms with Gasteiger partial charge in [-0.1, -0.05) is 34.1 Å². The molecular weight excluding hydrogens is 442 g/mol. The molecule has 6 heteroatoms. The van der Waals surface area contributed by atoms with Crippen LogP contribution in [-0.2, 0) is 0 Å². The first kappa shape index (κ1) is 18.6. The molecule has 2 heterocycles. The van der Waals surface area contributed by atoms with Crippen LogP contribution in [0.2, 0.25) is 0 Å². The van der Waals surface area contributed by atoms with E-state index in [1.165, 1.54) is 0 Å². The van der Waals surface area contributed by atoms with Crippen molar-refractivity contribution in [1.82, 2.24) is 14.8 Å². The van der Waals surface area contributed by atoms with E-state index in [9.17, 15) is 0 Å². The fourth-order valence-electron chi connectivity index (χ4n) is 3.67. The van der Waals surface area contributed by atoms with Gasteiger partial charge >= 0.3 is 0 Å². The minimum absolute atomic E-state index is 0.779. The zero-order chi connectivity index (χ0) is 20.7. The van der Waals surface area contributed by atoms with Gasteiger partial charge in [-0.3, -0.25) is 4.98 Å². The Balaban J connectivity index is 1.89. The molecule has 0 N–H and O–H groups in total. The van der Waals surface area contributed by atoms with E-state index in [1.807, 2.05) is 77.6 Å². The molecule has 0 aliphatic heterocycles. The van der Waals surface area contributed by atoms with E-state index in [4.69, 9.17) is 14.6 Å². The molecule has 2 aromatic heterocycles. The van der Waals surface area contributed by atoms with E-state index < -0.39 is 0 Å². The summed E-state index contributed by atoms with van der Waals surface area (Å²) in [5, 5.41) is 6.95. The van der Waals surface area contributed by atoms with Gasteiger partial charge in [0.15, 0.2) is 0 Å². The molecule has 0 bridgehead atoms. The summed E-state index contributed by atoms with van der Waals surface area (Å²) in [6.45, 7) is 0. The number of pyridine rings is 1. The third-order valence-electron chi connectivity index (χ3n) is 5.11. The van der Waals surface area contributed by atoms with Gasteiger partial charge in [0.05, 0.1) is 30.9 Å².